The van der Waals surface area contributed by atoms with Gasteiger partial charge in [0.1, 0.15) is 5.69 Å². The summed E-state index contributed by atoms with van der Waals surface area (Å²) in [6.07, 6.45) is 3.51. The molecule has 1 aromatic carbocycles. The van der Waals surface area contributed by atoms with Crippen LogP contribution in [0.1, 0.15) is 28.2 Å². The number of amides is 2. The fraction of sp³-hybridized carbons (Fsp3) is 0.211. The van der Waals surface area contributed by atoms with Gasteiger partial charge in [-0.1, -0.05) is 0 Å². The number of thiazole rings is 1. The second-order valence-corrected chi connectivity index (χ2v) is 7.40. The molecule has 0 aliphatic heterocycles. The first kappa shape index (κ1) is 16.5. The third-order valence-corrected chi connectivity index (χ3v) is 5.09. The Kier molecular flexibility index (Phi) is 4.30. The lowest BCUT2D eigenvalue weighted by Crippen LogP contribution is -2.14. The van der Waals surface area contributed by atoms with Crippen LogP contribution in [-0.2, 0) is 4.79 Å². The molecule has 0 atom stereocenters. The molecule has 0 bridgehead atoms. The summed E-state index contributed by atoms with van der Waals surface area (Å²) >= 11 is 1.42. The summed E-state index contributed by atoms with van der Waals surface area (Å²) in [6, 6.07) is 10.7. The van der Waals surface area contributed by atoms with Gasteiger partial charge in [-0.15, -0.1) is 11.3 Å². The van der Waals surface area contributed by atoms with Crippen LogP contribution in [0.15, 0.2) is 47.1 Å². The van der Waals surface area contributed by atoms with E-state index < -0.39 is 0 Å². The van der Waals surface area contributed by atoms with Gasteiger partial charge in [-0.25, -0.2) is 4.98 Å². The molecule has 2 heterocycles. The predicted molar refractivity (Wildman–Crippen MR) is 100 cm³/mol. The van der Waals surface area contributed by atoms with E-state index in [1.54, 1.807) is 36.6 Å². The zero-order chi connectivity index (χ0) is 18.1. The quantitative estimate of drug-likeness (QED) is 0.704. The minimum Gasteiger partial charge on any atom is -0.462 e. The average molecular weight is 367 g/mol. The number of anilines is 2. The number of carbonyl (C=O) groups is 2. The fourth-order valence-electron chi connectivity index (χ4n) is 2.53. The number of nitrogens with zero attached hydrogens (tertiary/aromatic N) is 1. The minimum absolute atomic E-state index is 0.0605. The van der Waals surface area contributed by atoms with Gasteiger partial charge in [0.05, 0.1) is 6.26 Å². The third kappa shape index (κ3) is 3.52. The van der Waals surface area contributed by atoms with Gasteiger partial charge >= 0.3 is 0 Å². The number of benzene rings is 1. The summed E-state index contributed by atoms with van der Waals surface area (Å²) in [5.41, 5.74) is 1.75. The molecule has 0 unspecified atom stereocenters. The van der Waals surface area contributed by atoms with E-state index in [-0.39, 0.29) is 17.7 Å². The van der Waals surface area contributed by atoms with Crippen molar-refractivity contribution in [1.82, 2.24) is 4.98 Å². The Bertz CT molecular complexity index is 941. The van der Waals surface area contributed by atoms with Gasteiger partial charge in [-0.05, 0) is 56.2 Å². The van der Waals surface area contributed by atoms with Crippen LogP contribution in [0.25, 0.3) is 10.8 Å². The summed E-state index contributed by atoms with van der Waals surface area (Å²) in [6.45, 7) is 1.86. The van der Waals surface area contributed by atoms with Crippen LogP contribution in [0.2, 0.25) is 0 Å². The third-order valence-electron chi connectivity index (χ3n) is 4.10. The first-order chi connectivity index (χ1) is 12.6. The van der Waals surface area contributed by atoms with E-state index in [4.69, 9.17) is 4.42 Å². The molecule has 6 nitrogen and oxygen atoms in total. The van der Waals surface area contributed by atoms with Crippen LogP contribution in [-0.4, -0.2) is 16.8 Å². The number of carbonyl (C=O) groups excluding carboxylic acids is 2. The van der Waals surface area contributed by atoms with E-state index >= 15 is 0 Å². The number of aryl methyl sites for hydroxylation is 1. The Labute approximate surface area is 154 Å². The van der Waals surface area contributed by atoms with Crippen molar-refractivity contribution in [3.8, 4) is 10.8 Å². The molecule has 0 radical (unpaired) electrons. The van der Waals surface area contributed by atoms with Crippen LogP contribution in [0.5, 0.6) is 0 Å². The highest BCUT2D eigenvalue weighted by molar-refractivity contribution is 7.15. The first-order valence-corrected chi connectivity index (χ1v) is 9.15. The van der Waals surface area contributed by atoms with Crippen molar-refractivity contribution in [1.29, 1.82) is 0 Å². The van der Waals surface area contributed by atoms with Crippen molar-refractivity contribution in [2.45, 2.75) is 19.8 Å². The topological polar surface area (TPSA) is 84.2 Å². The summed E-state index contributed by atoms with van der Waals surface area (Å²) in [5.74, 6) is 0.593. The van der Waals surface area contributed by atoms with Gasteiger partial charge in [-0.3, -0.25) is 9.59 Å². The monoisotopic (exact) mass is 367 g/mol. The average Bonchev–Trinajstić information content (AvgIpc) is 3.19. The lowest BCUT2D eigenvalue weighted by Gasteiger charge is -2.07. The molecule has 1 fully saturated rings. The Morgan fingerprint density at radius 3 is 2.42 bits per heavy atom. The number of hydrogen-bond donors (Lipinski definition) is 2. The van der Waals surface area contributed by atoms with Crippen LogP contribution >= 0.6 is 11.3 Å². The Morgan fingerprint density at radius 1 is 1.12 bits per heavy atom. The SMILES string of the molecule is Cc1sc(-c2ccco2)nc1C(=O)Nc1ccc(NC(=O)C2CC2)cc1. The second kappa shape index (κ2) is 6.76. The first-order valence-electron chi connectivity index (χ1n) is 8.34. The van der Waals surface area contributed by atoms with Gasteiger partial charge in [0.2, 0.25) is 5.91 Å². The van der Waals surface area contributed by atoms with Crippen LogP contribution in [0.4, 0.5) is 11.4 Å². The number of aromatic nitrogens is 1. The summed E-state index contributed by atoms with van der Waals surface area (Å²) in [5, 5.41) is 6.38. The molecule has 2 N–H and O–H groups in total. The van der Waals surface area contributed by atoms with E-state index in [0.29, 0.717) is 22.1 Å². The Balaban J connectivity index is 1.43. The highest BCUT2D eigenvalue weighted by atomic mass is 32.1. The molecule has 132 valence electrons. The van der Waals surface area contributed by atoms with E-state index in [1.165, 1.54) is 11.3 Å². The van der Waals surface area contributed by atoms with Crippen LogP contribution in [0.3, 0.4) is 0 Å². The lowest BCUT2D eigenvalue weighted by atomic mass is 10.2. The molecule has 2 aromatic heterocycles. The van der Waals surface area contributed by atoms with Gasteiger partial charge in [0.15, 0.2) is 10.8 Å². The minimum atomic E-state index is -0.272. The number of hydrogen-bond acceptors (Lipinski definition) is 5. The fourth-order valence-corrected chi connectivity index (χ4v) is 3.41. The number of rotatable bonds is 5. The maximum atomic E-state index is 12.5. The zero-order valence-electron chi connectivity index (χ0n) is 14.1. The van der Waals surface area contributed by atoms with Gasteiger partial charge in [-0.2, -0.15) is 0 Å². The largest absolute Gasteiger partial charge is 0.462 e. The van der Waals surface area contributed by atoms with Crippen molar-refractivity contribution in [3.63, 3.8) is 0 Å². The van der Waals surface area contributed by atoms with Crippen molar-refractivity contribution in [2.24, 2.45) is 5.92 Å². The van der Waals surface area contributed by atoms with Crippen molar-refractivity contribution in [3.05, 3.63) is 53.2 Å². The molecule has 1 aliphatic carbocycles. The van der Waals surface area contributed by atoms with Crippen molar-refractivity contribution >= 4 is 34.5 Å². The van der Waals surface area contributed by atoms with Crippen molar-refractivity contribution in [2.75, 3.05) is 10.6 Å². The molecule has 3 aromatic rings. The van der Waals surface area contributed by atoms with E-state index in [1.807, 2.05) is 13.0 Å². The maximum absolute atomic E-state index is 12.5. The maximum Gasteiger partial charge on any atom is 0.275 e. The molecule has 26 heavy (non-hydrogen) atoms. The Hall–Kier alpha value is -2.93. The van der Waals surface area contributed by atoms with E-state index in [0.717, 1.165) is 23.4 Å². The van der Waals surface area contributed by atoms with Crippen LogP contribution in [0, 0.1) is 12.8 Å². The van der Waals surface area contributed by atoms with Crippen molar-refractivity contribution < 1.29 is 14.0 Å². The molecular weight excluding hydrogens is 350 g/mol. The summed E-state index contributed by atoms with van der Waals surface area (Å²) in [7, 11) is 0. The highest BCUT2D eigenvalue weighted by Crippen LogP contribution is 2.30. The zero-order valence-corrected chi connectivity index (χ0v) is 14.9. The van der Waals surface area contributed by atoms with E-state index in [2.05, 4.69) is 15.6 Å². The van der Waals surface area contributed by atoms with E-state index in [9.17, 15) is 9.59 Å². The van der Waals surface area contributed by atoms with Gasteiger partial charge < -0.3 is 15.1 Å². The van der Waals surface area contributed by atoms with Gasteiger partial charge in [0.25, 0.3) is 5.91 Å². The predicted octanol–water partition coefficient (Wildman–Crippen LogP) is 4.31. The normalized spacial score (nSPS) is 13.4. The molecule has 1 saturated carbocycles. The molecular formula is C19H17N3O3S. The molecule has 7 heteroatoms. The van der Waals surface area contributed by atoms with Crippen LogP contribution < -0.4 is 10.6 Å². The molecule has 1 aliphatic rings. The summed E-state index contributed by atoms with van der Waals surface area (Å²) in [4.78, 5) is 29.5. The smallest absolute Gasteiger partial charge is 0.275 e. The molecule has 4 rings (SSSR count). The molecule has 0 spiro atoms. The number of nitrogens with one attached hydrogen (secondary N) is 2. The highest BCUT2D eigenvalue weighted by Gasteiger charge is 2.29. The second-order valence-electron chi connectivity index (χ2n) is 6.20. The summed E-state index contributed by atoms with van der Waals surface area (Å²) < 4.78 is 5.33. The standard InChI is InChI=1S/C19H17N3O3S/c1-11-16(22-19(26-11)15-3-2-10-25-15)18(24)21-14-8-6-13(7-9-14)20-17(23)12-4-5-12/h2-3,6-10,12H,4-5H2,1H3,(H,20,23)(H,21,24). The molecule has 2 amide bonds. The molecule has 0 saturated heterocycles. The van der Waals surface area contributed by atoms with Gasteiger partial charge in [0, 0.05) is 22.2 Å². The Morgan fingerprint density at radius 2 is 1.81 bits per heavy atom. The number of furan rings is 1. The lowest BCUT2D eigenvalue weighted by molar-refractivity contribution is -0.117.